The molecule has 2 heterocycles. The van der Waals surface area contributed by atoms with Crippen molar-refractivity contribution in [3.63, 3.8) is 0 Å². The van der Waals surface area contributed by atoms with E-state index >= 15 is 0 Å². The number of likely N-dealkylation sites (N-methyl/N-ethyl adjacent to an activating group) is 1. The Labute approximate surface area is 112 Å². The Morgan fingerprint density at radius 1 is 1.56 bits per heavy atom. The molecule has 0 saturated carbocycles. The fraction of sp³-hybridized carbons (Fsp3) is 0.750. The van der Waals surface area contributed by atoms with Crippen LogP contribution in [0.25, 0.3) is 0 Å². The average molecular weight is 268 g/mol. The molecule has 1 aliphatic heterocycles. The molecule has 1 aliphatic rings. The highest BCUT2D eigenvalue weighted by Gasteiger charge is 2.24. The summed E-state index contributed by atoms with van der Waals surface area (Å²) in [7, 11) is 0. The van der Waals surface area contributed by atoms with E-state index in [4.69, 9.17) is 0 Å². The molecule has 6 heteroatoms. The molecule has 1 N–H and O–H groups in total. The molecular formula is C12H20N4OS. The Morgan fingerprint density at radius 2 is 2.39 bits per heavy atom. The van der Waals surface area contributed by atoms with Crippen LogP contribution in [0.1, 0.15) is 42.1 Å². The molecule has 5 nitrogen and oxygen atoms in total. The first kappa shape index (κ1) is 13.4. The van der Waals surface area contributed by atoms with Gasteiger partial charge in [0.2, 0.25) is 0 Å². The Bertz CT molecular complexity index is 407. The number of nitrogens with zero attached hydrogens (tertiary/aromatic N) is 3. The molecule has 0 radical (unpaired) electrons. The van der Waals surface area contributed by atoms with E-state index < -0.39 is 0 Å². The minimum atomic E-state index is -0.0233. The molecule has 0 bridgehead atoms. The van der Waals surface area contributed by atoms with Crippen LogP contribution in [-0.4, -0.2) is 46.1 Å². The van der Waals surface area contributed by atoms with Gasteiger partial charge in [-0.25, -0.2) is 0 Å². The summed E-state index contributed by atoms with van der Waals surface area (Å²) in [5, 5.41) is 6.98. The van der Waals surface area contributed by atoms with Crippen LogP contribution in [-0.2, 0) is 6.42 Å². The van der Waals surface area contributed by atoms with Gasteiger partial charge in [0, 0.05) is 12.6 Å². The third-order valence-electron chi connectivity index (χ3n) is 3.50. The number of likely N-dealkylation sites (tertiary alicyclic amines) is 1. The lowest BCUT2D eigenvalue weighted by Crippen LogP contribution is -2.40. The van der Waals surface area contributed by atoms with Crippen molar-refractivity contribution in [1.29, 1.82) is 0 Å². The quantitative estimate of drug-likeness (QED) is 0.875. The van der Waals surface area contributed by atoms with Gasteiger partial charge >= 0.3 is 0 Å². The Kier molecular flexibility index (Phi) is 4.66. The maximum absolute atomic E-state index is 12.0. The number of nitrogens with one attached hydrogen (secondary N) is 1. The molecule has 1 atom stereocenters. The predicted octanol–water partition coefficient (Wildman–Crippen LogP) is 1.31. The number of hydrogen-bond donors (Lipinski definition) is 1. The van der Waals surface area contributed by atoms with E-state index in [2.05, 4.69) is 26.7 Å². The van der Waals surface area contributed by atoms with Gasteiger partial charge in [-0.3, -0.25) is 9.69 Å². The summed E-state index contributed by atoms with van der Waals surface area (Å²) in [5.41, 5.74) is 0.802. The van der Waals surface area contributed by atoms with Crippen molar-refractivity contribution in [2.24, 2.45) is 0 Å². The van der Waals surface area contributed by atoms with Crippen molar-refractivity contribution in [2.75, 3.05) is 19.6 Å². The summed E-state index contributed by atoms with van der Waals surface area (Å²) in [4.78, 5) is 15.1. The van der Waals surface area contributed by atoms with Crippen molar-refractivity contribution in [3.8, 4) is 0 Å². The molecular weight excluding hydrogens is 248 g/mol. The van der Waals surface area contributed by atoms with Gasteiger partial charge in [0.1, 0.15) is 4.88 Å². The third kappa shape index (κ3) is 2.87. The van der Waals surface area contributed by atoms with Crippen LogP contribution in [0.15, 0.2) is 0 Å². The molecule has 18 heavy (non-hydrogen) atoms. The van der Waals surface area contributed by atoms with Crippen molar-refractivity contribution in [3.05, 3.63) is 10.6 Å². The van der Waals surface area contributed by atoms with Crippen molar-refractivity contribution in [2.45, 2.75) is 39.2 Å². The second-order valence-corrected chi connectivity index (χ2v) is 5.29. The van der Waals surface area contributed by atoms with Crippen LogP contribution in [0.4, 0.5) is 0 Å². The van der Waals surface area contributed by atoms with Crippen LogP contribution >= 0.6 is 11.5 Å². The maximum atomic E-state index is 12.0. The summed E-state index contributed by atoms with van der Waals surface area (Å²) in [6, 6.07) is 0.491. The number of carbonyl (C=O) groups is 1. The van der Waals surface area contributed by atoms with Gasteiger partial charge in [0.15, 0.2) is 0 Å². The van der Waals surface area contributed by atoms with Crippen molar-refractivity contribution >= 4 is 17.4 Å². The molecule has 0 aliphatic carbocycles. The molecule has 1 saturated heterocycles. The summed E-state index contributed by atoms with van der Waals surface area (Å²) < 4.78 is 3.85. The summed E-state index contributed by atoms with van der Waals surface area (Å²) in [6.45, 7) is 7.10. The zero-order valence-corrected chi connectivity index (χ0v) is 11.8. The summed E-state index contributed by atoms with van der Waals surface area (Å²) in [5.74, 6) is -0.0233. The Morgan fingerprint density at radius 3 is 3.11 bits per heavy atom. The van der Waals surface area contributed by atoms with E-state index in [-0.39, 0.29) is 5.91 Å². The van der Waals surface area contributed by atoms with Gasteiger partial charge in [-0.15, -0.1) is 5.10 Å². The van der Waals surface area contributed by atoms with Crippen LogP contribution in [0.2, 0.25) is 0 Å². The lowest BCUT2D eigenvalue weighted by atomic mass is 10.2. The highest BCUT2D eigenvalue weighted by molar-refractivity contribution is 7.08. The largest absolute Gasteiger partial charge is 0.350 e. The third-order valence-corrected chi connectivity index (χ3v) is 4.27. The fourth-order valence-corrected chi connectivity index (χ4v) is 3.11. The molecule has 2 rings (SSSR count). The first-order chi connectivity index (χ1) is 8.76. The van der Waals surface area contributed by atoms with Gasteiger partial charge in [0.05, 0.1) is 5.69 Å². The van der Waals surface area contributed by atoms with E-state index in [1.54, 1.807) is 0 Å². The van der Waals surface area contributed by atoms with E-state index in [1.165, 1.54) is 24.4 Å². The second kappa shape index (κ2) is 6.24. The highest BCUT2D eigenvalue weighted by atomic mass is 32.1. The van der Waals surface area contributed by atoms with Gasteiger partial charge in [0.25, 0.3) is 5.91 Å². The topological polar surface area (TPSA) is 58.1 Å². The molecule has 100 valence electrons. The molecule has 1 aromatic heterocycles. The number of aryl methyl sites for hydroxylation is 1. The zero-order chi connectivity index (χ0) is 13.0. The van der Waals surface area contributed by atoms with Gasteiger partial charge in [-0.05, 0) is 43.9 Å². The molecule has 0 aromatic carbocycles. The number of carbonyl (C=O) groups excluding carboxylic acids is 1. The van der Waals surface area contributed by atoms with E-state index in [1.807, 2.05) is 6.92 Å². The monoisotopic (exact) mass is 268 g/mol. The minimum Gasteiger partial charge on any atom is -0.350 e. The first-order valence-electron chi connectivity index (χ1n) is 6.59. The fourth-order valence-electron chi connectivity index (χ4n) is 2.45. The van der Waals surface area contributed by atoms with Gasteiger partial charge in [-0.2, -0.15) is 0 Å². The minimum absolute atomic E-state index is 0.0233. The van der Waals surface area contributed by atoms with Crippen LogP contribution in [0.5, 0.6) is 0 Å². The van der Waals surface area contributed by atoms with Crippen molar-refractivity contribution < 1.29 is 4.79 Å². The Balaban J connectivity index is 1.88. The van der Waals surface area contributed by atoms with Crippen LogP contribution in [0.3, 0.4) is 0 Å². The van der Waals surface area contributed by atoms with E-state index in [0.29, 0.717) is 10.9 Å². The second-order valence-electron chi connectivity index (χ2n) is 4.54. The van der Waals surface area contributed by atoms with E-state index in [0.717, 1.165) is 31.7 Å². The first-order valence-corrected chi connectivity index (χ1v) is 7.37. The highest BCUT2D eigenvalue weighted by Crippen LogP contribution is 2.16. The summed E-state index contributed by atoms with van der Waals surface area (Å²) >= 11 is 1.18. The zero-order valence-electron chi connectivity index (χ0n) is 11.0. The SMILES string of the molecule is CCc1nnsc1C(=O)NCC1CCCN1CC. The molecule has 1 aromatic rings. The number of amides is 1. The van der Waals surface area contributed by atoms with Crippen LogP contribution < -0.4 is 5.32 Å². The number of aromatic nitrogens is 2. The van der Waals surface area contributed by atoms with Gasteiger partial charge in [-0.1, -0.05) is 18.3 Å². The summed E-state index contributed by atoms with van der Waals surface area (Å²) in [6.07, 6.45) is 3.16. The average Bonchev–Trinajstić information content (AvgIpc) is 3.03. The normalized spacial score (nSPS) is 20.2. The standard InChI is InChI=1S/C12H20N4OS/c1-3-10-11(18-15-14-10)12(17)13-8-9-6-5-7-16(9)4-2/h9H,3-8H2,1-2H3,(H,13,17). The van der Waals surface area contributed by atoms with E-state index in [9.17, 15) is 4.79 Å². The maximum Gasteiger partial charge on any atom is 0.265 e. The predicted molar refractivity (Wildman–Crippen MR) is 71.9 cm³/mol. The molecule has 1 fully saturated rings. The van der Waals surface area contributed by atoms with Crippen LogP contribution in [0, 0.1) is 0 Å². The number of rotatable bonds is 5. The molecule has 1 amide bonds. The number of hydrogen-bond acceptors (Lipinski definition) is 5. The van der Waals surface area contributed by atoms with Gasteiger partial charge < -0.3 is 5.32 Å². The lowest BCUT2D eigenvalue weighted by molar-refractivity contribution is 0.0944. The molecule has 1 unspecified atom stereocenters. The lowest BCUT2D eigenvalue weighted by Gasteiger charge is -2.22. The smallest absolute Gasteiger partial charge is 0.265 e. The Hall–Kier alpha value is -1.01. The van der Waals surface area contributed by atoms with Crippen molar-refractivity contribution in [1.82, 2.24) is 19.8 Å². The molecule has 0 spiro atoms.